The number of likely N-dealkylation sites (tertiary alicyclic amines) is 1. The van der Waals surface area contributed by atoms with Crippen molar-refractivity contribution in [1.82, 2.24) is 14.8 Å². The maximum Gasteiger partial charge on any atom is 0.417 e. The quantitative estimate of drug-likeness (QED) is 0.357. The predicted octanol–water partition coefficient (Wildman–Crippen LogP) is 6.93. The number of hydrogen-bond donors (Lipinski definition) is 2. The van der Waals surface area contributed by atoms with E-state index in [2.05, 4.69) is 5.32 Å². The van der Waals surface area contributed by atoms with Gasteiger partial charge in [-0.25, -0.2) is 4.79 Å². The topological polar surface area (TPSA) is 83.8 Å². The number of nitrogens with zero attached hydrogens (tertiary/aromatic N) is 2. The molecule has 2 aromatic rings. The summed E-state index contributed by atoms with van der Waals surface area (Å²) in [6.07, 6.45) is -7.69. The lowest BCUT2D eigenvalue weighted by Crippen LogP contribution is -2.45. The van der Waals surface area contributed by atoms with Gasteiger partial charge in [0.1, 0.15) is 5.60 Å². The van der Waals surface area contributed by atoms with Crippen LogP contribution in [-0.2, 0) is 23.6 Å². The Morgan fingerprint density at radius 1 is 0.977 bits per heavy atom. The van der Waals surface area contributed by atoms with Gasteiger partial charge in [-0.3, -0.25) is 4.79 Å². The van der Waals surface area contributed by atoms with Crippen LogP contribution in [0.1, 0.15) is 86.5 Å². The number of halogens is 6. The predicted molar refractivity (Wildman–Crippen MR) is 146 cm³/mol. The number of carbonyl (C=O) groups excluding carboxylic acids is 2. The first-order valence-electron chi connectivity index (χ1n) is 14.3. The highest BCUT2D eigenvalue weighted by atomic mass is 19.4. The summed E-state index contributed by atoms with van der Waals surface area (Å²) in [4.78, 5) is 27.8. The lowest BCUT2D eigenvalue weighted by Gasteiger charge is -2.30. The molecule has 1 saturated heterocycles. The van der Waals surface area contributed by atoms with E-state index in [9.17, 15) is 41.0 Å². The molecule has 2 fully saturated rings. The number of benzene rings is 1. The van der Waals surface area contributed by atoms with Crippen molar-refractivity contribution in [3.05, 3.63) is 46.6 Å². The van der Waals surface area contributed by atoms with Gasteiger partial charge in [-0.15, -0.1) is 0 Å². The van der Waals surface area contributed by atoms with Crippen LogP contribution in [0.15, 0.2) is 24.3 Å². The highest BCUT2D eigenvalue weighted by Crippen LogP contribution is 2.42. The van der Waals surface area contributed by atoms with Crippen LogP contribution in [0, 0.1) is 6.92 Å². The van der Waals surface area contributed by atoms with Crippen molar-refractivity contribution in [2.75, 3.05) is 6.54 Å². The fourth-order valence-corrected chi connectivity index (χ4v) is 5.84. The average molecular weight is 618 g/mol. The van der Waals surface area contributed by atoms with Crippen molar-refractivity contribution in [3.8, 4) is 11.3 Å². The molecule has 2 N–H and O–H groups in total. The summed E-state index contributed by atoms with van der Waals surface area (Å²) in [6.45, 7) is 6.86. The molecule has 1 aliphatic heterocycles. The highest BCUT2D eigenvalue weighted by molar-refractivity contribution is 5.97. The van der Waals surface area contributed by atoms with E-state index in [1.54, 1.807) is 20.8 Å². The molecule has 7 nitrogen and oxygen atoms in total. The summed E-state index contributed by atoms with van der Waals surface area (Å²) < 4.78 is 90.5. The largest absolute Gasteiger partial charge is 0.444 e. The molecule has 1 aromatic carbocycles. The molecule has 238 valence electrons. The van der Waals surface area contributed by atoms with E-state index in [1.807, 2.05) is 0 Å². The molecule has 2 aliphatic rings. The van der Waals surface area contributed by atoms with Gasteiger partial charge in [0.15, 0.2) is 0 Å². The molecule has 1 saturated carbocycles. The Kier molecular flexibility index (Phi) is 9.16. The number of carbonyl (C=O) groups is 2. The van der Waals surface area contributed by atoms with Crippen LogP contribution in [-0.4, -0.2) is 56.9 Å². The first-order chi connectivity index (χ1) is 19.9. The number of nitrogens with one attached hydrogen (secondary N) is 1. The Balaban J connectivity index is 1.83. The minimum absolute atomic E-state index is 0.0277. The second-order valence-corrected chi connectivity index (χ2v) is 12.3. The van der Waals surface area contributed by atoms with Crippen LogP contribution in [0.5, 0.6) is 0 Å². The van der Waals surface area contributed by atoms with Gasteiger partial charge in [-0.05, 0) is 77.6 Å². The summed E-state index contributed by atoms with van der Waals surface area (Å²) >= 11 is 0. The van der Waals surface area contributed by atoms with E-state index >= 15 is 0 Å². The van der Waals surface area contributed by atoms with Crippen molar-refractivity contribution >= 4 is 12.0 Å². The molecule has 1 aliphatic carbocycles. The summed E-state index contributed by atoms with van der Waals surface area (Å²) in [5.74, 6) is -0.653. The summed E-state index contributed by atoms with van der Waals surface area (Å²) in [5.41, 5.74) is -4.13. The minimum atomic E-state index is -4.99. The second kappa shape index (κ2) is 12.0. The number of hydrogen-bond acceptors (Lipinski definition) is 4. The zero-order chi connectivity index (χ0) is 31.9. The van der Waals surface area contributed by atoms with Crippen molar-refractivity contribution in [2.45, 2.75) is 109 Å². The van der Waals surface area contributed by atoms with Crippen molar-refractivity contribution < 1.29 is 45.8 Å². The van der Waals surface area contributed by atoms with E-state index in [1.165, 1.54) is 16.4 Å². The molecular formula is C30H37F6N3O4. The second-order valence-electron chi connectivity index (χ2n) is 12.3. The molecule has 1 aromatic heterocycles. The first kappa shape index (κ1) is 32.7. The van der Waals surface area contributed by atoms with Gasteiger partial charge in [0.25, 0.3) is 5.91 Å². The lowest BCUT2D eigenvalue weighted by atomic mass is 9.92. The molecule has 2 heterocycles. The normalized spacial score (nSPS) is 21.7. The van der Waals surface area contributed by atoms with Gasteiger partial charge in [0.2, 0.25) is 0 Å². The first-order valence-corrected chi connectivity index (χ1v) is 14.3. The van der Waals surface area contributed by atoms with Crippen molar-refractivity contribution in [3.63, 3.8) is 0 Å². The SMILES string of the molecule is Cc1c(C(=O)N[C@@H]2CCCC[C@H]2O)cc(-c2cc(C(F)(F)F)ccc2C(F)(F)F)n1C[C@H]1CCCN1C(=O)OC(C)(C)C. The number of rotatable bonds is 5. The third-order valence-electron chi connectivity index (χ3n) is 7.98. The molecule has 0 radical (unpaired) electrons. The maximum absolute atomic E-state index is 14.2. The lowest BCUT2D eigenvalue weighted by molar-refractivity contribution is -0.141. The van der Waals surface area contributed by atoms with E-state index in [0.717, 1.165) is 18.9 Å². The summed E-state index contributed by atoms with van der Waals surface area (Å²) in [6, 6.07) is 1.27. The molecule has 4 rings (SSSR count). The third-order valence-corrected chi connectivity index (χ3v) is 7.98. The van der Waals surface area contributed by atoms with E-state index in [0.29, 0.717) is 50.4 Å². The van der Waals surface area contributed by atoms with E-state index in [4.69, 9.17) is 4.74 Å². The van der Waals surface area contributed by atoms with Gasteiger partial charge >= 0.3 is 18.4 Å². The fraction of sp³-hybridized carbons (Fsp3) is 0.600. The Labute approximate surface area is 246 Å². The number of aromatic nitrogens is 1. The standard InChI is InChI=1S/C30H37F6N3O4/c1-17-20(26(41)37-23-9-5-6-10-25(23)40)15-24(21-14-18(29(31,32)33)11-12-22(21)30(34,35)36)39(17)16-19-8-7-13-38(19)27(42)43-28(2,3)4/h11-12,14-15,19,23,25,40H,5-10,13,16H2,1-4H3,(H,37,41)/t19-,23-,25-/m1/s1. The number of aliphatic hydroxyl groups is 1. The summed E-state index contributed by atoms with van der Waals surface area (Å²) in [5, 5.41) is 13.1. The van der Waals surface area contributed by atoms with Crippen molar-refractivity contribution in [1.29, 1.82) is 0 Å². The molecule has 0 unspecified atom stereocenters. The molecule has 0 spiro atoms. The number of aliphatic hydroxyl groups excluding tert-OH is 1. The fourth-order valence-electron chi connectivity index (χ4n) is 5.84. The molecule has 43 heavy (non-hydrogen) atoms. The van der Waals surface area contributed by atoms with Gasteiger partial charge < -0.3 is 24.6 Å². The maximum atomic E-state index is 14.2. The van der Waals surface area contributed by atoms with Gasteiger partial charge in [0, 0.05) is 30.0 Å². The van der Waals surface area contributed by atoms with Crippen LogP contribution < -0.4 is 5.32 Å². The minimum Gasteiger partial charge on any atom is -0.444 e. The van der Waals surface area contributed by atoms with Crippen LogP contribution in [0.25, 0.3) is 11.3 Å². The van der Waals surface area contributed by atoms with Crippen LogP contribution in [0.3, 0.4) is 0 Å². The Morgan fingerprint density at radius 2 is 1.65 bits per heavy atom. The highest BCUT2D eigenvalue weighted by Gasteiger charge is 2.40. The van der Waals surface area contributed by atoms with Gasteiger partial charge in [-0.2, -0.15) is 26.3 Å². The average Bonchev–Trinajstić information content (AvgIpc) is 3.48. The summed E-state index contributed by atoms with van der Waals surface area (Å²) in [7, 11) is 0. The van der Waals surface area contributed by atoms with Crippen molar-refractivity contribution in [2.24, 2.45) is 0 Å². The zero-order valence-corrected chi connectivity index (χ0v) is 24.5. The van der Waals surface area contributed by atoms with Crippen LogP contribution >= 0.6 is 0 Å². The molecular weight excluding hydrogens is 580 g/mol. The van der Waals surface area contributed by atoms with Crippen LogP contribution in [0.4, 0.5) is 31.1 Å². The van der Waals surface area contributed by atoms with E-state index < -0.39 is 64.8 Å². The van der Waals surface area contributed by atoms with Gasteiger partial charge in [0.05, 0.1) is 34.9 Å². The number of alkyl halides is 6. The van der Waals surface area contributed by atoms with E-state index in [-0.39, 0.29) is 23.5 Å². The smallest absolute Gasteiger partial charge is 0.417 e. The van der Waals surface area contributed by atoms with Gasteiger partial charge in [-0.1, -0.05) is 12.8 Å². The molecule has 13 heteroatoms. The Morgan fingerprint density at radius 3 is 2.26 bits per heavy atom. The van der Waals surface area contributed by atoms with Crippen LogP contribution in [0.2, 0.25) is 0 Å². The number of ether oxygens (including phenoxy) is 1. The Bertz CT molecular complexity index is 1350. The third kappa shape index (κ3) is 7.47. The molecule has 0 bridgehead atoms. The zero-order valence-electron chi connectivity index (χ0n) is 24.5. The molecule has 3 atom stereocenters. The molecule has 2 amide bonds. The number of amides is 2. The monoisotopic (exact) mass is 617 g/mol. The Hall–Kier alpha value is -3.22.